The van der Waals surface area contributed by atoms with Gasteiger partial charge in [0, 0.05) is 6.42 Å². The van der Waals surface area contributed by atoms with Gasteiger partial charge in [-0.25, -0.2) is 9.78 Å². The molecule has 35 heavy (non-hydrogen) atoms. The third-order valence-corrected chi connectivity index (χ3v) is 7.69. The Hall–Kier alpha value is -2.45. The van der Waals surface area contributed by atoms with Crippen molar-refractivity contribution in [2.75, 3.05) is 5.32 Å². The molecular formula is C25H21I2N3O4S. The number of hydrogen-bond acceptors (Lipinski definition) is 6. The lowest BCUT2D eigenvalue weighted by Gasteiger charge is -2.18. The summed E-state index contributed by atoms with van der Waals surface area (Å²) >= 11 is 5.45. The number of phenols is 1. The molecule has 3 aromatic carbocycles. The number of rotatable bonds is 7. The van der Waals surface area contributed by atoms with Gasteiger partial charge in [0.1, 0.15) is 18.4 Å². The van der Waals surface area contributed by atoms with Crippen LogP contribution in [0.5, 0.6) is 5.75 Å². The maximum atomic E-state index is 13.2. The van der Waals surface area contributed by atoms with Crippen LogP contribution in [0.1, 0.15) is 16.7 Å². The van der Waals surface area contributed by atoms with E-state index in [-0.39, 0.29) is 18.8 Å². The lowest BCUT2D eigenvalue weighted by molar-refractivity contribution is -0.118. The van der Waals surface area contributed by atoms with Gasteiger partial charge in [-0.1, -0.05) is 47.7 Å². The first-order chi connectivity index (χ1) is 16.8. The quantitative estimate of drug-likeness (QED) is 0.204. The predicted octanol–water partition coefficient (Wildman–Crippen LogP) is 6.00. The largest absolute Gasteiger partial charge is 0.506 e. The maximum absolute atomic E-state index is 13.2. The van der Waals surface area contributed by atoms with E-state index >= 15 is 0 Å². The Labute approximate surface area is 233 Å². The van der Waals surface area contributed by atoms with Crippen LogP contribution in [0.4, 0.5) is 9.93 Å². The van der Waals surface area contributed by atoms with E-state index in [1.165, 1.54) is 11.3 Å². The third-order valence-electron chi connectivity index (χ3n) is 5.11. The molecule has 0 saturated heterocycles. The summed E-state index contributed by atoms with van der Waals surface area (Å²) in [7, 11) is 0. The number of amides is 2. The molecule has 3 N–H and O–H groups in total. The molecule has 1 heterocycles. The van der Waals surface area contributed by atoms with Crippen molar-refractivity contribution in [3.63, 3.8) is 0 Å². The maximum Gasteiger partial charge on any atom is 0.408 e. The first kappa shape index (κ1) is 25.6. The number of ether oxygens (including phenoxy) is 1. The highest BCUT2D eigenvalue weighted by atomic mass is 127. The molecule has 0 aliphatic heterocycles. The van der Waals surface area contributed by atoms with Crippen molar-refractivity contribution in [2.45, 2.75) is 26.0 Å². The van der Waals surface area contributed by atoms with Crippen LogP contribution < -0.4 is 10.6 Å². The number of hydrogen-bond donors (Lipinski definition) is 3. The molecule has 10 heteroatoms. The van der Waals surface area contributed by atoms with Gasteiger partial charge in [0.15, 0.2) is 5.13 Å². The second-order valence-electron chi connectivity index (χ2n) is 7.85. The average molecular weight is 713 g/mol. The number of nitrogens with one attached hydrogen (secondary N) is 2. The molecule has 0 bridgehead atoms. The monoisotopic (exact) mass is 713 g/mol. The van der Waals surface area contributed by atoms with Crippen molar-refractivity contribution in [3.05, 3.63) is 84.5 Å². The fraction of sp³-hybridized carbons (Fsp3) is 0.160. The minimum absolute atomic E-state index is 0.0905. The highest BCUT2D eigenvalue weighted by Gasteiger charge is 2.24. The number of halogens is 2. The topological polar surface area (TPSA) is 101 Å². The van der Waals surface area contributed by atoms with Gasteiger partial charge in [-0.05, 0) is 93.1 Å². The summed E-state index contributed by atoms with van der Waals surface area (Å²) in [5.41, 5.74) is 3.54. The van der Waals surface area contributed by atoms with E-state index in [0.717, 1.165) is 26.9 Å². The average Bonchev–Trinajstić information content (AvgIpc) is 3.22. The Balaban J connectivity index is 1.51. The Bertz CT molecular complexity index is 1350. The number of thiazole rings is 1. The molecule has 7 nitrogen and oxygen atoms in total. The number of nitrogens with zero attached hydrogens (tertiary/aromatic N) is 1. The number of anilines is 1. The number of aromatic hydroxyl groups is 1. The molecular weight excluding hydrogens is 692 g/mol. The Kier molecular flexibility index (Phi) is 8.44. The second kappa shape index (κ2) is 11.5. The third kappa shape index (κ3) is 6.82. The number of carbonyl (C=O) groups is 2. The van der Waals surface area contributed by atoms with Crippen molar-refractivity contribution >= 4 is 83.9 Å². The summed E-state index contributed by atoms with van der Waals surface area (Å²) in [5, 5.41) is 16.1. The van der Waals surface area contributed by atoms with Gasteiger partial charge in [-0.15, -0.1) is 0 Å². The minimum atomic E-state index is -0.914. The normalized spacial score (nSPS) is 11.7. The summed E-state index contributed by atoms with van der Waals surface area (Å²) in [5.74, 6) is -0.216. The Morgan fingerprint density at radius 1 is 1.06 bits per heavy atom. The van der Waals surface area contributed by atoms with E-state index in [1.54, 1.807) is 12.1 Å². The zero-order valence-corrected chi connectivity index (χ0v) is 23.7. The fourth-order valence-electron chi connectivity index (χ4n) is 3.37. The number of fused-ring (bicyclic) bond motifs is 1. The summed E-state index contributed by atoms with van der Waals surface area (Å²) in [6, 6.07) is 17.9. The van der Waals surface area contributed by atoms with Crippen molar-refractivity contribution in [1.82, 2.24) is 10.3 Å². The molecule has 0 spiro atoms. The molecule has 4 aromatic rings. The summed E-state index contributed by atoms with van der Waals surface area (Å²) in [6.07, 6.45) is -0.486. The van der Waals surface area contributed by atoms with Crippen LogP contribution in [-0.2, 0) is 22.6 Å². The molecule has 1 aromatic heterocycles. The number of benzene rings is 3. The fourth-order valence-corrected chi connectivity index (χ4v) is 6.23. The van der Waals surface area contributed by atoms with Crippen molar-refractivity contribution in [2.24, 2.45) is 0 Å². The number of phenolic OH excluding ortho intramolecular Hbond substituents is 1. The molecule has 0 radical (unpaired) electrons. The van der Waals surface area contributed by atoms with Gasteiger partial charge in [-0.2, -0.15) is 0 Å². The first-order valence-electron chi connectivity index (χ1n) is 10.6. The van der Waals surface area contributed by atoms with Crippen LogP contribution in [0.3, 0.4) is 0 Å². The summed E-state index contributed by atoms with van der Waals surface area (Å²) < 4.78 is 7.63. The second-order valence-corrected chi connectivity index (χ2v) is 11.2. The molecule has 0 aliphatic carbocycles. The number of alkyl carbamates (subject to hydrolysis) is 1. The molecule has 0 aliphatic rings. The van der Waals surface area contributed by atoms with Gasteiger partial charge in [0.05, 0.1) is 17.4 Å². The van der Waals surface area contributed by atoms with Crippen molar-refractivity contribution in [3.8, 4) is 5.75 Å². The van der Waals surface area contributed by atoms with Gasteiger partial charge in [-0.3, -0.25) is 4.79 Å². The van der Waals surface area contributed by atoms with E-state index in [9.17, 15) is 14.7 Å². The van der Waals surface area contributed by atoms with Crippen LogP contribution in [0.25, 0.3) is 10.2 Å². The molecule has 0 unspecified atom stereocenters. The van der Waals surface area contributed by atoms with Gasteiger partial charge in [0.2, 0.25) is 5.91 Å². The molecule has 180 valence electrons. The van der Waals surface area contributed by atoms with Gasteiger partial charge < -0.3 is 20.5 Å². The van der Waals surface area contributed by atoms with Crippen molar-refractivity contribution in [1.29, 1.82) is 0 Å². The van der Waals surface area contributed by atoms with Gasteiger partial charge in [0.25, 0.3) is 0 Å². The van der Waals surface area contributed by atoms with Crippen LogP contribution in [0.15, 0.2) is 60.7 Å². The smallest absolute Gasteiger partial charge is 0.408 e. The Morgan fingerprint density at radius 3 is 2.49 bits per heavy atom. The van der Waals surface area contributed by atoms with Crippen LogP contribution >= 0.6 is 56.5 Å². The number of aryl methyl sites for hydroxylation is 1. The SMILES string of the molecule is Cc1ccc2nc(NC(=O)[C@H](Cc3cc(I)c(O)c(I)c3)NC(=O)OCc3ccccc3)sc2c1. The summed E-state index contributed by atoms with van der Waals surface area (Å²) in [4.78, 5) is 30.3. The first-order valence-corrected chi connectivity index (χ1v) is 13.6. The van der Waals surface area contributed by atoms with E-state index in [2.05, 4.69) is 15.6 Å². The van der Waals surface area contributed by atoms with E-state index in [1.807, 2.05) is 101 Å². The lowest BCUT2D eigenvalue weighted by atomic mass is 10.1. The van der Waals surface area contributed by atoms with E-state index in [0.29, 0.717) is 12.3 Å². The Morgan fingerprint density at radius 2 is 1.77 bits per heavy atom. The number of carbonyl (C=O) groups excluding carboxylic acids is 2. The standard InChI is InChI=1S/C25H21I2N3O4S/c1-14-7-8-19-21(9-14)35-24(28-19)30-23(32)20(12-16-10-17(26)22(31)18(27)11-16)29-25(33)34-13-15-5-3-2-4-6-15/h2-11,20,31H,12-13H2,1H3,(H,29,33)(H,28,30,32)/t20-/m0/s1. The molecule has 1 atom stereocenters. The van der Waals surface area contributed by atoms with E-state index < -0.39 is 18.0 Å². The van der Waals surface area contributed by atoms with Crippen molar-refractivity contribution < 1.29 is 19.4 Å². The van der Waals surface area contributed by atoms with Gasteiger partial charge >= 0.3 is 6.09 Å². The zero-order valence-electron chi connectivity index (χ0n) is 18.5. The zero-order chi connectivity index (χ0) is 24.9. The minimum Gasteiger partial charge on any atom is -0.506 e. The summed E-state index contributed by atoms with van der Waals surface area (Å²) in [6.45, 7) is 2.09. The highest BCUT2D eigenvalue weighted by Crippen LogP contribution is 2.29. The molecule has 0 saturated carbocycles. The van der Waals surface area contributed by atoms with Crippen LogP contribution in [0.2, 0.25) is 0 Å². The predicted molar refractivity (Wildman–Crippen MR) is 154 cm³/mol. The highest BCUT2D eigenvalue weighted by molar-refractivity contribution is 14.1. The van der Waals surface area contributed by atoms with E-state index in [4.69, 9.17) is 4.74 Å². The molecule has 2 amide bonds. The lowest BCUT2D eigenvalue weighted by Crippen LogP contribution is -2.45. The molecule has 0 fully saturated rings. The number of aromatic nitrogens is 1. The van der Waals surface area contributed by atoms with Crippen LogP contribution in [-0.4, -0.2) is 28.1 Å². The van der Waals surface area contributed by atoms with Crippen LogP contribution in [0, 0.1) is 14.1 Å². The molecule has 4 rings (SSSR count).